The highest BCUT2D eigenvalue weighted by Crippen LogP contribution is 2.24. The Hall–Kier alpha value is -0.740. The summed E-state index contributed by atoms with van der Waals surface area (Å²) in [5.74, 6) is 0. The van der Waals surface area contributed by atoms with Crippen LogP contribution in [0.2, 0.25) is 0 Å². The molecule has 0 aromatic carbocycles. The zero-order valence-corrected chi connectivity index (χ0v) is 10.3. The molecule has 3 nitrogen and oxygen atoms in total. The van der Waals surface area contributed by atoms with Crippen LogP contribution in [0.3, 0.4) is 0 Å². The van der Waals surface area contributed by atoms with Gasteiger partial charge in [0, 0.05) is 6.04 Å². The third-order valence-corrected chi connectivity index (χ3v) is 3.23. The molecule has 0 spiro atoms. The van der Waals surface area contributed by atoms with Crippen molar-refractivity contribution in [1.29, 1.82) is 0 Å². The lowest BCUT2D eigenvalue weighted by molar-refractivity contribution is 0.523. The molecular weight excluding hydrogens is 206 g/mol. The Morgan fingerprint density at radius 1 is 1.53 bits per heavy atom. The van der Waals surface area contributed by atoms with Crippen LogP contribution in [0.15, 0.2) is 12.7 Å². The van der Waals surface area contributed by atoms with Gasteiger partial charge in [0.1, 0.15) is 0 Å². The smallest absolute Gasteiger partial charge is 0.0800 e. The fraction of sp³-hybridized carbons (Fsp3) is 0.636. The zero-order valence-electron chi connectivity index (χ0n) is 9.49. The summed E-state index contributed by atoms with van der Waals surface area (Å²) in [6.45, 7) is 8.98. The molecule has 0 amide bonds. The lowest BCUT2D eigenvalue weighted by Crippen LogP contribution is -2.20. The van der Waals surface area contributed by atoms with Gasteiger partial charge in [0.05, 0.1) is 10.6 Å². The Morgan fingerprint density at radius 3 is 2.93 bits per heavy atom. The minimum Gasteiger partial charge on any atom is -0.309 e. The molecule has 0 saturated heterocycles. The van der Waals surface area contributed by atoms with E-state index >= 15 is 0 Å². The molecule has 1 N–H and O–H groups in total. The maximum Gasteiger partial charge on any atom is 0.0800 e. The van der Waals surface area contributed by atoms with Gasteiger partial charge in [-0.25, -0.2) is 0 Å². The van der Waals surface area contributed by atoms with Crippen LogP contribution in [-0.2, 0) is 6.42 Å². The third kappa shape index (κ3) is 3.39. The van der Waals surface area contributed by atoms with Crippen molar-refractivity contribution in [2.75, 3.05) is 6.54 Å². The maximum absolute atomic E-state index is 4.15. The van der Waals surface area contributed by atoms with Crippen molar-refractivity contribution in [3.8, 4) is 0 Å². The van der Waals surface area contributed by atoms with Gasteiger partial charge in [-0.3, -0.25) is 0 Å². The van der Waals surface area contributed by atoms with Crippen LogP contribution in [0.4, 0.5) is 0 Å². The maximum atomic E-state index is 4.15. The molecule has 1 rings (SSSR count). The summed E-state index contributed by atoms with van der Waals surface area (Å²) in [5, 5.41) is 7.63. The average molecular weight is 225 g/mol. The first-order valence-corrected chi connectivity index (χ1v) is 6.26. The largest absolute Gasteiger partial charge is 0.309 e. The van der Waals surface area contributed by atoms with Crippen molar-refractivity contribution in [2.24, 2.45) is 0 Å². The Balaban J connectivity index is 2.73. The van der Waals surface area contributed by atoms with Crippen LogP contribution in [0, 0.1) is 0 Å². The fourth-order valence-corrected chi connectivity index (χ4v) is 2.43. The summed E-state index contributed by atoms with van der Waals surface area (Å²) in [5.41, 5.74) is 1.13. The van der Waals surface area contributed by atoms with E-state index in [9.17, 15) is 0 Å². The quantitative estimate of drug-likeness (QED) is 0.725. The molecule has 1 atom stereocenters. The van der Waals surface area contributed by atoms with E-state index < -0.39 is 0 Å². The minimum atomic E-state index is 0.392. The average Bonchev–Trinajstić information content (AvgIpc) is 2.72. The molecule has 0 aliphatic carbocycles. The van der Waals surface area contributed by atoms with Crippen molar-refractivity contribution >= 4 is 11.5 Å². The van der Waals surface area contributed by atoms with E-state index in [0.29, 0.717) is 6.04 Å². The van der Waals surface area contributed by atoms with Crippen molar-refractivity contribution in [3.05, 3.63) is 23.2 Å². The number of allylic oxidation sites excluding steroid dienone is 1. The summed E-state index contributed by atoms with van der Waals surface area (Å²) in [6.07, 6.45) is 5.03. The van der Waals surface area contributed by atoms with E-state index in [1.54, 1.807) is 0 Å². The summed E-state index contributed by atoms with van der Waals surface area (Å²) < 4.78 is 4.03. The first-order valence-electron chi connectivity index (χ1n) is 5.48. The van der Waals surface area contributed by atoms with Crippen LogP contribution in [-0.4, -0.2) is 16.1 Å². The van der Waals surface area contributed by atoms with Gasteiger partial charge in [0.2, 0.25) is 0 Å². The number of rotatable bonds is 7. The Morgan fingerprint density at radius 2 is 2.33 bits per heavy atom. The summed E-state index contributed by atoms with van der Waals surface area (Å²) in [7, 11) is 0. The van der Waals surface area contributed by atoms with Crippen LogP contribution in [0.1, 0.15) is 43.3 Å². The molecule has 1 aromatic heterocycles. The van der Waals surface area contributed by atoms with Crippen LogP contribution in [0.5, 0.6) is 0 Å². The Bertz CT molecular complexity index is 296. The van der Waals surface area contributed by atoms with Crippen molar-refractivity contribution in [3.63, 3.8) is 0 Å². The van der Waals surface area contributed by atoms with Crippen molar-refractivity contribution in [2.45, 2.75) is 39.2 Å². The van der Waals surface area contributed by atoms with Gasteiger partial charge in [-0.05, 0) is 37.3 Å². The predicted molar refractivity (Wildman–Crippen MR) is 65.1 cm³/mol. The molecular formula is C11H19N3S. The molecule has 0 saturated carbocycles. The lowest BCUT2D eigenvalue weighted by atomic mass is 10.1. The molecule has 0 fully saturated rings. The number of nitrogens with one attached hydrogen (secondary N) is 1. The van der Waals surface area contributed by atoms with Crippen molar-refractivity contribution in [1.82, 2.24) is 14.9 Å². The van der Waals surface area contributed by atoms with Crippen LogP contribution in [0.25, 0.3) is 0 Å². The molecule has 1 aromatic rings. The number of aryl methyl sites for hydroxylation is 1. The zero-order chi connectivity index (χ0) is 11.1. The van der Waals surface area contributed by atoms with Crippen LogP contribution < -0.4 is 5.32 Å². The number of nitrogens with zero attached hydrogens (tertiary/aromatic N) is 2. The lowest BCUT2D eigenvalue weighted by Gasteiger charge is -2.15. The van der Waals surface area contributed by atoms with E-state index in [1.165, 1.54) is 16.4 Å². The van der Waals surface area contributed by atoms with Crippen molar-refractivity contribution < 1.29 is 0 Å². The molecule has 1 heterocycles. The molecule has 0 bridgehead atoms. The van der Waals surface area contributed by atoms with Gasteiger partial charge in [0.25, 0.3) is 0 Å². The fourth-order valence-electron chi connectivity index (χ4n) is 1.58. The van der Waals surface area contributed by atoms with Gasteiger partial charge in [-0.2, -0.15) is 0 Å². The molecule has 0 radical (unpaired) electrons. The van der Waals surface area contributed by atoms with E-state index in [2.05, 4.69) is 35.3 Å². The molecule has 0 aliphatic rings. The molecule has 84 valence electrons. The van der Waals surface area contributed by atoms with E-state index in [1.807, 2.05) is 6.08 Å². The summed E-state index contributed by atoms with van der Waals surface area (Å²) in [6, 6.07) is 0.392. The topological polar surface area (TPSA) is 37.8 Å². The number of aromatic nitrogens is 2. The summed E-state index contributed by atoms with van der Waals surface area (Å²) in [4.78, 5) is 1.29. The highest BCUT2D eigenvalue weighted by Gasteiger charge is 2.16. The van der Waals surface area contributed by atoms with Gasteiger partial charge >= 0.3 is 0 Å². The number of hydrogen-bond donors (Lipinski definition) is 1. The normalized spacial score (nSPS) is 12.7. The standard InChI is InChI=1S/C11H19N3S/c1-4-7-8-10(12-6-3)11-9(5-2)13-14-15-11/h4,10,12H,1,5-8H2,2-3H3. The second-order valence-corrected chi connectivity index (χ2v) is 4.20. The Kier molecular flexibility index (Phi) is 5.50. The Labute approximate surface area is 95.8 Å². The summed E-state index contributed by atoms with van der Waals surface area (Å²) >= 11 is 1.51. The monoisotopic (exact) mass is 225 g/mol. The van der Waals surface area contributed by atoms with E-state index in [0.717, 1.165) is 31.5 Å². The number of hydrogen-bond acceptors (Lipinski definition) is 4. The SMILES string of the molecule is C=CCCC(NCC)c1snnc1CC. The van der Waals surface area contributed by atoms with Gasteiger partial charge < -0.3 is 5.32 Å². The molecule has 0 aliphatic heterocycles. The first kappa shape index (κ1) is 12.3. The molecule has 15 heavy (non-hydrogen) atoms. The van der Waals surface area contributed by atoms with E-state index in [-0.39, 0.29) is 0 Å². The van der Waals surface area contributed by atoms with Gasteiger partial charge in [0.15, 0.2) is 0 Å². The van der Waals surface area contributed by atoms with Gasteiger partial charge in [-0.1, -0.05) is 24.4 Å². The minimum absolute atomic E-state index is 0.392. The predicted octanol–water partition coefficient (Wildman–Crippen LogP) is 2.72. The first-order chi connectivity index (χ1) is 7.33. The van der Waals surface area contributed by atoms with E-state index in [4.69, 9.17) is 0 Å². The highest BCUT2D eigenvalue weighted by atomic mass is 32.1. The third-order valence-electron chi connectivity index (χ3n) is 2.35. The highest BCUT2D eigenvalue weighted by molar-refractivity contribution is 7.05. The molecule has 1 unspecified atom stereocenters. The second-order valence-electron chi connectivity index (χ2n) is 3.41. The molecule has 4 heteroatoms. The van der Waals surface area contributed by atoms with Crippen LogP contribution >= 0.6 is 11.5 Å². The second kappa shape index (κ2) is 6.69. The van der Waals surface area contributed by atoms with Gasteiger partial charge in [-0.15, -0.1) is 11.7 Å².